The van der Waals surface area contributed by atoms with Gasteiger partial charge < -0.3 is 15.1 Å². The second-order valence-corrected chi connectivity index (χ2v) is 7.89. The zero-order chi connectivity index (χ0) is 21.5. The van der Waals surface area contributed by atoms with Crippen molar-refractivity contribution in [3.05, 3.63) is 41.2 Å². The van der Waals surface area contributed by atoms with Crippen LogP contribution in [0.1, 0.15) is 34.5 Å². The Hall–Kier alpha value is -3.60. The lowest BCUT2D eigenvalue weighted by atomic mass is 10.0. The van der Waals surface area contributed by atoms with Crippen LogP contribution in [0, 0.1) is 0 Å². The monoisotopic (exact) mass is 423 g/mol. The molecule has 1 aromatic carbocycles. The summed E-state index contributed by atoms with van der Waals surface area (Å²) in [5.41, 5.74) is 2.66. The van der Waals surface area contributed by atoms with Crippen molar-refractivity contribution in [1.29, 1.82) is 0 Å². The number of fused-ring (bicyclic) bond motifs is 1. The Morgan fingerprint density at radius 3 is 2.84 bits per heavy atom. The number of piperidine rings is 1. The van der Waals surface area contributed by atoms with E-state index in [1.54, 1.807) is 21.8 Å². The van der Waals surface area contributed by atoms with Gasteiger partial charge in [-0.3, -0.25) is 24.5 Å². The predicted octanol–water partition coefficient (Wildman–Crippen LogP) is -1.04. The lowest BCUT2D eigenvalue weighted by Gasteiger charge is -2.29. The Morgan fingerprint density at radius 1 is 1.16 bits per heavy atom. The zero-order valence-electron chi connectivity index (χ0n) is 16.7. The normalized spacial score (nSPS) is 21.5. The molecule has 5 rings (SSSR count). The number of imide groups is 1. The smallest absolute Gasteiger partial charge is 0.255 e. The van der Waals surface area contributed by atoms with Gasteiger partial charge in [0, 0.05) is 31.6 Å². The minimum atomic E-state index is -0.643. The van der Waals surface area contributed by atoms with Gasteiger partial charge in [-0.15, -0.1) is 5.10 Å². The average molecular weight is 423 g/mol. The van der Waals surface area contributed by atoms with E-state index in [1.807, 2.05) is 12.1 Å². The molecule has 0 aliphatic carbocycles. The molecule has 2 aromatic rings. The van der Waals surface area contributed by atoms with Gasteiger partial charge >= 0.3 is 0 Å². The second-order valence-electron chi connectivity index (χ2n) is 7.89. The number of hydrogen-bond acceptors (Lipinski definition) is 7. The van der Waals surface area contributed by atoms with Gasteiger partial charge in [0.2, 0.25) is 17.7 Å². The molecule has 2 N–H and O–H groups in total. The maximum atomic E-state index is 13.0. The number of rotatable bonds is 4. The number of piperazine rings is 1. The summed E-state index contributed by atoms with van der Waals surface area (Å²) in [7, 11) is 0. The van der Waals surface area contributed by atoms with Gasteiger partial charge in [-0.2, -0.15) is 0 Å². The lowest BCUT2D eigenvalue weighted by molar-refractivity contribution is -0.137. The van der Waals surface area contributed by atoms with Crippen LogP contribution in [-0.4, -0.2) is 74.1 Å². The molecule has 1 aromatic heterocycles. The fraction of sp³-hybridized carbons (Fsp3) is 0.400. The van der Waals surface area contributed by atoms with Gasteiger partial charge in [0.25, 0.3) is 5.91 Å². The lowest BCUT2D eigenvalue weighted by Crippen LogP contribution is -2.52. The van der Waals surface area contributed by atoms with E-state index in [0.717, 1.165) is 12.1 Å². The predicted molar refractivity (Wildman–Crippen MR) is 106 cm³/mol. The molecule has 4 heterocycles. The molecule has 11 heteroatoms. The topological polar surface area (TPSA) is 130 Å². The number of amides is 4. The van der Waals surface area contributed by atoms with Gasteiger partial charge in [0.15, 0.2) is 0 Å². The van der Waals surface area contributed by atoms with Gasteiger partial charge in [-0.05, 0) is 24.1 Å². The van der Waals surface area contributed by atoms with Crippen LogP contribution in [0.25, 0.3) is 5.69 Å². The second kappa shape index (κ2) is 7.58. The van der Waals surface area contributed by atoms with Crippen LogP contribution in [0.15, 0.2) is 24.4 Å². The Bertz CT molecular complexity index is 1090. The summed E-state index contributed by atoms with van der Waals surface area (Å²) in [6, 6.07) is 4.78. The number of carbonyl (C=O) groups is 4. The summed E-state index contributed by atoms with van der Waals surface area (Å²) < 4.78 is 1.57. The molecule has 31 heavy (non-hydrogen) atoms. The maximum Gasteiger partial charge on any atom is 0.255 e. The third-order valence-electron chi connectivity index (χ3n) is 5.86. The van der Waals surface area contributed by atoms with Crippen molar-refractivity contribution in [3.63, 3.8) is 0 Å². The Kier molecular flexibility index (Phi) is 4.74. The molecule has 0 spiro atoms. The van der Waals surface area contributed by atoms with Crippen molar-refractivity contribution >= 4 is 23.6 Å². The largest absolute Gasteiger partial charge is 0.334 e. The molecule has 2 fully saturated rings. The SMILES string of the molecule is O=C1CCC(N2Cc3ccc(-n4cc(CN5CCNCC5=O)nn4)cc3C2=O)C(=O)N1. The van der Waals surface area contributed by atoms with Crippen molar-refractivity contribution in [2.75, 3.05) is 19.6 Å². The number of hydrogen-bond donors (Lipinski definition) is 2. The Morgan fingerprint density at radius 2 is 2.03 bits per heavy atom. The minimum Gasteiger partial charge on any atom is -0.334 e. The molecule has 3 aliphatic rings. The first-order valence-corrected chi connectivity index (χ1v) is 10.2. The average Bonchev–Trinajstić information content (AvgIpc) is 3.34. The number of aromatic nitrogens is 3. The third-order valence-corrected chi connectivity index (χ3v) is 5.86. The third kappa shape index (κ3) is 3.56. The van der Waals surface area contributed by atoms with Crippen LogP contribution < -0.4 is 10.6 Å². The highest BCUT2D eigenvalue weighted by molar-refractivity contribution is 6.05. The van der Waals surface area contributed by atoms with Crippen molar-refractivity contribution in [1.82, 2.24) is 35.4 Å². The molecule has 160 valence electrons. The summed E-state index contributed by atoms with van der Waals surface area (Å²) in [5, 5.41) is 13.6. The van der Waals surface area contributed by atoms with Crippen LogP contribution in [0.2, 0.25) is 0 Å². The number of nitrogens with one attached hydrogen (secondary N) is 2. The van der Waals surface area contributed by atoms with Crippen molar-refractivity contribution in [2.24, 2.45) is 0 Å². The number of benzene rings is 1. The van der Waals surface area contributed by atoms with E-state index in [0.29, 0.717) is 49.5 Å². The standard InChI is InChI=1S/C20H21N7O4/c28-17-4-3-16(19(30)22-17)26-9-12-1-2-14(7-15(12)20(26)31)27-11-13(23-24-27)10-25-6-5-21-8-18(25)29/h1-2,7,11,16,21H,3-6,8-10H2,(H,22,28,30). The van der Waals surface area contributed by atoms with E-state index in [1.165, 1.54) is 4.90 Å². The van der Waals surface area contributed by atoms with Crippen molar-refractivity contribution in [3.8, 4) is 5.69 Å². The first-order valence-electron chi connectivity index (χ1n) is 10.2. The van der Waals surface area contributed by atoms with Crippen molar-refractivity contribution < 1.29 is 19.2 Å². The molecule has 3 aliphatic heterocycles. The Labute approximate surface area is 177 Å². The number of nitrogens with zero attached hydrogens (tertiary/aromatic N) is 5. The highest BCUT2D eigenvalue weighted by Crippen LogP contribution is 2.29. The van der Waals surface area contributed by atoms with Crippen LogP contribution in [0.3, 0.4) is 0 Å². The Balaban J connectivity index is 1.33. The van der Waals surface area contributed by atoms with E-state index >= 15 is 0 Å². The number of carbonyl (C=O) groups excluding carboxylic acids is 4. The van der Waals surface area contributed by atoms with E-state index in [2.05, 4.69) is 20.9 Å². The first-order chi connectivity index (χ1) is 15.0. The molecule has 1 atom stereocenters. The molecule has 4 amide bonds. The van der Waals surface area contributed by atoms with E-state index in [-0.39, 0.29) is 24.1 Å². The van der Waals surface area contributed by atoms with Gasteiger partial charge in [0.05, 0.1) is 25.0 Å². The summed E-state index contributed by atoms with van der Waals surface area (Å²) in [5.74, 6) is -0.950. The van der Waals surface area contributed by atoms with Gasteiger partial charge in [-0.1, -0.05) is 11.3 Å². The minimum absolute atomic E-state index is 0.0254. The molecule has 0 saturated carbocycles. The van der Waals surface area contributed by atoms with E-state index in [9.17, 15) is 19.2 Å². The first kappa shape index (κ1) is 19.4. The van der Waals surface area contributed by atoms with Gasteiger partial charge in [-0.25, -0.2) is 4.68 Å². The molecule has 2 saturated heterocycles. The van der Waals surface area contributed by atoms with E-state index < -0.39 is 11.9 Å². The fourth-order valence-corrected chi connectivity index (χ4v) is 4.19. The molecular weight excluding hydrogens is 402 g/mol. The van der Waals surface area contributed by atoms with Crippen LogP contribution in [-0.2, 0) is 27.5 Å². The molecular formula is C20H21N7O4. The summed E-state index contributed by atoms with van der Waals surface area (Å²) in [6.45, 7) is 2.40. The summed E-state index contributed by atoms with van der Waals surface area (Å²) in [4.78, 5) is 51.8. The summed E-state index contributed by atoms with van der Waals surface area (Å²) >= 11 is 0. The van der Waals surface area contributed by atoms with Crippen LogP contribution in [0.4, 0.5) is 0 Å². The van der Waals surface area contributed by atoms with Crippen LogP contribution >= 0.6 is 0 Å². The fourth-order valence-electron chi connectivity index (χ4n) is 4.19. The molecule has 11 nitrogen and oxygen atoms in total. The van der Waals surface area contributed by atoms with Gasteiger partial charge in [0.1, 0.15) is 11.7 Å². The highest BCUT2D eigenvalue weighted by atomic mass is 16.2. The zero-order valence-corrected chi connectivity index (χ0v) is 16.7. The molecule has 1 unspecified atom stereocenters. The molecule has 0 bridgehead atoms. The van der Waals surface area contributed by atoms with E-state index in [4.69, 9.17) is 0 Å². The quantitative estimate of drug-likeness (QED) is 0.601. The van der Waals surface area contributed by atoms with Crippen molar-refractivity contribution in [2.45, 2.75) is 32.0 Å². The summed E-state index contributed by atoms with van der Waals surface area (Å²) in [6.07, 6.45) is 2.29. The van der Waals surface area contributed by atoms with Crippen LogP contribution in [0.5, 0.6) is 0 Å². The highest BCUT2D eigenvalue weighted by Gasteiger charge is 2.39. The molecule has 0 radical (unpaired) electrons. The maximum absolute atomic E-state index is 13.0.